The number of hydrogen-bond donors (Lipinski definition) is 1. The molecule has 2 fully saturated rings. The van der Waals surface area contributed by atoms with Gasteiger partial charge in [0.25, 0.3) is 0 Å². The smallest absolute Gasteiger partial charge is 0.175 e. The summed E-state index contributed by atoms with van der Waals surface area (Å²) in [5, 5.41) is 9.85. The summed E-state index contributed by atoms with van der Waals surface area (Å²) >= 11 is 0. The van der Waals surface area contributed by atoms with Gasteiger partial charge in [0.2, 0.25) is 0 Å². The topological polar surface area (TPSA) is 105 Å². The molecule has 10 nitrogen and oxygen atoms in total. The van der Waals surface area contributed by atoms with Crippen LogP contribution in [-0.2, 0) is 41.0 Å². The third kappa shape index (κ3) is 6.33. The fraction of sp³-hybridized carbons (Fsp3) is 0.406. The van der Waals surface area contributed by atoms with Gasteiger partial charge in [-0.1, -0.05) is 29.3 Å². The Labute approximate surface area is 262 Å². The van der Waals surface area contributed by atoms with Gasteiger partial charge in [0.05, 0.1) is 22.7 Å². The zero-order valence-corrected chi connectivity index (χ0v) is 25.8. The van der Waals surface area contributed by atoms with Crippen molar-refractivity contribution in [3.8, 4) is 0 Å². The molecular weight excluding hydrogens is 595 g/mol. The summed E-state index contributed by atoms with van der Waals surface area (Å²) in [5.41, 5.74) is 7.44. The Morgan fingerprint density at radius 2 is 1.26 bits per heavy atom. The van der Waals surface area contributed by atoms with Gasteiger partial charge < -0.3 is 29.0 Å². The number of para-hydroxylation sites is 4. The van der Waals surface area contributed by atoms with Crippen molar-refractivity contribution in [2.75, 3.05) is 23.0 Å². The zero-order chi connectivity index (χ0) is 29.7. The molecule has 1 N–H and O–H groups in total. The molecule has 2 saturated heterocycles. The number of hydrogen-bond acceptors (Lipinski definition) is 10. The Hall–Kier alpha value is -3.32. The predicted octanol–water partition coefficient (Wildman–Crippen LogP) is 6.55. The van der Waals surface area contributed by atoms with Gasteiger partial charge in [-0.3, -0.25) is 9.98 Å². The normalized spacial score (nSPS) is 27.1. The average Bonchev–Trinajstić information content (AvgIpc) is 3.70. The van der Waals surface area contributed by atoms with E-state index in [-0.39, 0.29) is 29.0 Å². The first-order valence-electron chi connectivity index (χ1n) is 14.2. The van der Waals surface area contributed by atoms with Crippen LogP contribution in [0.1, 0.15) is 53.4 Å². The van der Waals surface area contributed by atoms with E-state index in [1.807, 2.05) is 0 Å². The molecule has 4 aliphatic rings. The molecule has 6 rings (SSSR count). The molecule has 2 aromatic rings. The maximum absolute atomic E-state index is 8.77. The van der Waals surface area contributed by atoms with Gasteiger partial charge in [-0.15, -0.1) is 0 Å². The minimum absolute atomic E-state index is 0. The third-order valence-corrected chi connectivity index (χ3v) is 7.97. The number of nitrogens with zero attached hydrogens (tertiary/aromatic N) is 4. The molecule has 0 spiro atoms. The van der Waals surface area contributed by atoms with Crippen LogP contribution in [0.4, 0.5) is 22.7 Å². The summed E-state index contributed by atoms with van der Waals surface area (Å²) in [6, 6.07) is 17.0. The fourth-order valence-electron chi connectivity index (χ4n) is 6.73. The van der Waals surface area contributed by atoms with E-state index in [0.29, 0.717) is 0 Å². The van der Waals surface area contributed by atoms with E-state index in [0.717, 1.165) is 90.9 Å². The van der Waals surface area contributed by atoms with Crippen molar-refractivity contribution in [1.29, 1.82) is 0 Å². The Bertz CT molecular complexity index is 1310. The van der Waals surface area contributed by atoms with E-state index in [2.05, 4.69) is 108 Å². The van der Waals surface area contributed by atoms with E-state index in [9.17, 15) is 0 Å². The number of benzene rings is 2. The predicted molar refractivity (Wildman–Crippen MR) is 162 cm³/mol. The maximum Gasteiger partial charge on any atom is 0.175 e. The zero-order valence-electron chi connectivity index (χ0n) is 24.8. The number of ether oxygens (including phenoxy) is 2. The molecule has 0 aliphatic carbocycles. The molecule has 231 valence electrons. The number of aliphatic imine (C=N–C) groups is 2. The van der Waals surface area contributed by atoms with Crippen LogP contribution < -0.4 is 9.80 Å². The van der Waals surface area contributed by atoms with Crippen LogP contribution in [0.5, 0.6) is 0 Å². The average molecular weight is 633 g/mol. The monoisotopic (exact) mass is 632 g/mol. The second-order valence-corrected chi connectivity index (χ2v) is 10.8. The molecular formula is C32H37CoN4O6-. The van der Waals surface area contributed by atoms with E-state index in [1.165, 1.54) is 0 Å². The molecule has 2 aromatic carbocycles. The standard InChI is InChI=1S/C31H36N4O2.CHO4.Co/c1-21-19-23(3)34-28-14-8-6-12-26(28)33-22(2)20-24(4)35(27-13-7-5-11-25(27)32-21)31(34,29-15-9-17-36-29)30-16-10-18-37-30;2-1-4-5-3;/h5-8,11-14,19-20,29-30H,9-10,15-18H2,1-4H3;3H;/q;-1;/b23-19-,24-20-,32-21?,33-22?;;. The molecule has 0 saturated carbocycles. The third-order valence-electron chi connectivity index (χ3n) is 7.97. The van der Waals surface area contributed by atoms with E-state index in [1.54, 1.807) is 0 Å². The van der Waals surface area contributed by atoms with E-state index < -0.39 is 5.66 Å². The minimum Gasteiger partial charge on any atom is -0.495 e. The van der Waals surface area contributed by atoms with Crippen LogP contribution >= 0.6 is 0 Å². The second kappa shape index (κ2) is 14.4. The molecule has 43 heavy (non-hydrogen) atoms. The van der Waals surface area contributed by atoms with E-state index >= 15 is 0 Å². The summed E-state index contributed by atoms with van der Waals surface area (Å²) < 4.78 is 13.4. The molecule has 2 bridgehead atoms. The van der Waals surface area contributed by atoms with Gasteiger partial charge in [0.1, 0.15) is 12.2 Å². The number of fused-ring (bicyclic) bond motifs is 6. The van der Waals surface area contributed by atoms with Crippen molar-refractivity contribution in [3.63, 3.8) is 0 Å². The van der Waals surface area contributed by atoms with Crippen LogP contribution in [0.25, 0.3) is 0 Å². The first-order chi connectivity index (χ1) is 20.4. The number of allylic oxidation sites excluding steroid dienone is 4. The Morgan fingerprint density at radius 3 is 1.60 bits per heavy atom. The van der Waals surface area contributed by atoms with Gasteiger partial charge in [0.15, 0.2) is 5.66 Å². The van der Waals surface area contributed by atoms with Crippen LogP contribution in [-0.4, -0.2) is 54.2 Å². The van der Waals surface area contributed by atoms with Crippen molar-refractivity contribution >= 4 is 40.6 Å². The van der Waals surface area contributed by atoms with Gasteiger partial charge >= 0.3 is 0 Å². The molecule has 2 atom stereocenters. The first kappa shape index (κ1) is 32.6. The van der Waals surface area contributed by atoms with Gasteiger partial charge in [0, 0.05) is 52.8 Å². The van der Waals surface area contributed by atoms with Crippen LogP contribution in [0.15, 0.2) is 82.1 Å². The Balaban J connectivity index is 0.000000654. The van der Waals surface area contributed by atoms with Crippen molar-refractivity contribution < 1.29 is 46.2 Å². The van der Waals surface area contributed by atoms with Crippen molar-refractivity contribution in [2.24, 2.45) is 9.98 Å². The summed E-state index contributed by atoms with van der Waals surface area (Å²) in [6.07, 6.45) is 8.20. The minimum atomic E-state index is -0.680. The summed E-state index contributed by atoms with van der Waals surface area (Å²) in [5.74, 6) is 0. The maximum atomic E-state index is 8.77. The van der Waals surface area contributed by atoms with Gasteiger partial charge in [-0.25, -0.2) is 5.26 Å². The van der Waals surface area contributed by atoms with Crippen LogP contribution in [0.2, 0.25) is 0 Å². The molecule has 0 aromatic heterocycles. The number of carbonyl (C=O) groups excluding carboxylic acids is 1. The Kier molecular flexibility index (Phi) is 10.9. The summed E-state index contributed by atoms with van der Waals surface area (Å²) in [4.78, 5) is 27.1. The number of anilines is 2. The second-order valence-electron chi connectivity index (χ2n) is 10.8. The summed E-state index contributed by atoms with van der Waals surface area (Å²) in [6.45, 7) is 10.8. The molecule has 4 heterocycles. The van der Waals surface area contributed by atoms with Crippen LogP contribution in [0.3, 0.4) is 0 Å². The molecule has 2 unspecified atom stereocenters. The largest absolute Gasteiger partial charge is 0.495 e. The molecule has 1 radical (unpaired) electrons. The SMILES string of the molecule is CC1=Nc2ccccc2N2/C(C)=C\C(C)=Nc3ccccc3N(/C(C)=C\1)C2(C1CCCO1)C1CCCO1.O=[C-]OOO.[Co]. The fourth-order valence-corrected chi connectivity index (χ4v) is 6.73. The molecule has 4 aliphatic heterocycles. The van der Waals surface area contributed by atoms with Crippen molar-refractivity contribution in [2.45, 2.75) is 71.2 Å². The summed E-state index contributed by atoms with van der Waals surface area (Å²) in [7, 11) is 0. The van der Waals surface area contributed by atoms with Crippen molar-refractivity contribution in [3.05, 3.63) is 72.1 Å². The molecule has 11 heteroatoms. The Morgan fingerprint density at radius 1 is 0.814 bits per heavy atom. The first-order valence-corrected chi connectivity index (χ1v) is 14.2. The number of rotatable bonds is 4. The van der Waals surface area contributed by atoms with E-state index in [4.69, 9.17) is 29.5 Å². The molecule has 0 amide bonds. The van der Waals surface area contributed by atoms with Crippen LogP contribution in [0, 0.1) is 0 Å². The van der Waals surface area contributed by atoms with Gasteiger partial charge in [-0.05, 0) is 96.3 Å². The quantitative estimate of drug-likeness (QED) is 0.230. The van der Waals surface area contributed by atoms with Gasteiger partial charge in [-0.2, -0.15) is 0 Å². The van der Waals surface area contributed by atoms with Crippen molar-refractivity contribution in [1.82, 2.24) is 0 Å².